The predicted octanol–water partition coefficient (Wildman–Crippen LogP) is 4.21. The largest absolute Gasteiger partial charge is 0.484 e. The number of aromatic nitrogens is 2. The standard InChI is InChI=1S/C21H23N3O/c1-16-3-9-20(10-4-16)25-21(15-24-11-2-12-24)18-7-5-17(6-8-18)19-13-22-23-14-19/h3-10,13-14,21H,2,11-12,15H2,1H3,(H,22,23). The summed E-state index contributed by atoms with van der Waals surface area (Å²) >= 11 is 0. The Morgan fingerprint density at radius 2 is 1.80 bits per heavy atom. The number of H-pyrrole nitrogens is 1. The predicted molar refractivity (Wildman–Crippen MR) is 99.6 cm³/mol. The molecule has 128 valence electrons. The normalized spacial score (nSPS) is 15.6. The lowest BCUT2D eigenvalue weighted by Crippen LogP contribution is -2.41. The van der Waals surface area contributed by atoms with E-state index >= 15 is 0 Å². The average Bonchev–Trinajstić information content (AvgIpc) is 3.13. The zero-order chi connectivity index (χ0) is 17.1. The van der Waals surface area contributed by atoms with Crippen LogP contribution >= 0.6 is 0 Å². The fourth-order valence-electron chi connectivity index (χ4n) is 3.09. The number of ether oxygens (including phenoxy) is 1. The van der Waals surface area contributed by atoms with Gasteiger partial charge in [0.2, 0.25) is 0 Å². The van der Waals surface area contributed by atoms with Crippen LogP contribution in [0.2, 0.25) is 0 Å². The van der Waals surface area contributed by atoms with Crippen molar-refractivity contribution in [1.82, 2.24) is 15.1 Å². The topological polar surface area (TPSA) is 41.1 Å². The number of hydrogen-bond acceptors (Lipinski definition) is 3. The fraction of sp³-hybridized carbons (Fsp3) is 0.286. The molecule has 1 unspecified atom stereocenters. The second-order valence-electron chi connectivity index (χ2n) is 6.68. The zero-order valence-corrected chi connectivity index (χ0v) is 14.5. The van der Waals surface area contributed by atoms with Gasteiger partial charge in [-0.2, -0.15) is 5.10 Å². The van der Waals surface area contributed by atoms with Gasteiger partial charge in [0, 0.05) is 18.3 Å². The van der Waals surface area contributed by atoms with Crippen LogP contribution < -0.4 is 4.74 Å². The lowest BCUT2D eigenvalue weighted by molar-refractivity contribution is 0.0938. The summed E-state index contributed by atoms with van der Waals surface area (Å²) in [5.41, 5.74) is 4.72. The monoisotopic (exact) mass is 333 g/mol. The van der Waals surface area contributed by atoms with Gasteiger partial charge in [-0.25, -0.2) is 0 Å². The average molecular weight is 333 g/mol. The van der Waals surface area contributed by atoms with E-state index in [0.717, 1.165) is 23.4 Å². The lowest BCUT2D eigenvalue weighted by atomic mass is 10.0. The van der Waals surface area contributed by atoms with Gasteiger partial charge in [0.1, 0.15) is 11.9 Å². The van der Waals surface area contributed by atoms with Gasteiger partial charge in [0.05, 0.1) is 6.20 Å². The molecule has 1 atom stereocenters. The van der Waals surface area contributed by atoms with Crippen molar-refractivity contribution in [2.24, 2.45) is 0 Å². The maximum Gasteiger partial charge on any atom is 0.136 e. The van der Waals surface area contributed by atoms with E-state index in [0.29, 0.717) is 0 Å². The summed E-state index contributed by atoms with van der Waals surface area (Å²) in [7, 11) is 0. The fourth-order valence-corrected chi connectivity index (χ4v) is 3.09. The Hall–Kier alpha value is -2.59. The van der Waals surface area contributed by atoms with Gasteiger partial charge in [-0.1, -0.05) is 42.0 Å². The summed E-state index contributed by atoms with van der Waals surface area (Å²) in [6.45, 7) is 5.36. The molecular formula is C21H23N3O. The van der Waals surface area contributed by atoms with Gasteiger partial charge in [-0.3, -0.25) is 10.00 Å². The summed E-state index contributed by atoms with van der Waals surface area (Å²) in [6.07, 6.45) is 5.09. The molecular weight excluding hydrogens is 310 g/mol. The molecule has 2 aromatic carbocycles. The first-order chi connectivity index (χ1) is 12.3. The van der Waals surface area contributed by atoms with Crippen LogP contribution in [-0.2, 0) is 0 Å². The van der Waals surface area contributed by atoms with Crippen molar-refractivity contribution in [3.8, 4) is 16.9 Å². The molecule has 0 spiro atoms. The highest BCUT2D eigenvalue weighted by Crippen LogP contribution is 2.27. The molecule has 1 saturated heterocycles. The lowest BCUT2D eigenvalue weighted by Gasteiger charge is -2.34. The molecule has 1 N–H and O–H groups in total. The number of aryl methyl sites for hydroxylation is 1. The van der Waals surface area contributed by atoms with Crippen molar-refractivity contribution < 1.29 is 4.74 Å². The summed E-state index contributed by atoms with van der Waals surface area (Å²) in [4.78, 5) is 2.45. The molecule has 25 heavy (non-hydrogen) atoms. The quantitative estimate of drug-likeness (QED) is 0.734. The highest BCUT2D eigenvalue weighted by Gasteiger charge is 2.22. The van der Waals surface area contributed by atoms with Gasteiger partial charge >= 0.3 is 0 Å². The van der Waals surface area contributed by atoms with Gasteiger partial charge in [-0.05, 0) is 49.7 Å². The molecule has 0 saturated carbocycles. The van der Waals surface area contributed by atoms with Crippen LogP contribution in [0.1, 0.15) is 23.7 Å². The molecule has 4 rings (SSSR count). The SMILES string of the molecule is Cc1ccc(OC(CN2CCC2)c2ccc(-c3cn[nH]c3)cc2)cc1. The minimum absolute atomic E-state index is 0.0430. The first kappa shape index (κ1) is 15.9. The Labute approximate surface area is 148 Å². The molecule has 3 aromatic rings. The number of nitrogens with zero attached hydrogens (tertiary/aromatic N) is 2. The number of rotatable bonds is 6. The van der Waals surface area contributed by atoms with Gasteiger partial charge in [0.15, 0.2) is 0 Å². The summed E-state index contributed by atoms with van der Waals surface area (Å²) in [6, 6.07) is 16.9. The summed E-state index contributed by atoms with van der Waals surface area (Å²) < 4.78 is 6.33. The second kappa shape index (κ2) is 7.11. The van der Waals surface area contributed by atoms with E-state index in [1.165, 1.54) is 30.6 Å². The van der Waals surface area contributed by atoms with Crippen LogP contribution in [0.15, 0.2) is 60.9 Å². The smallest absolute Gasteiger partial charge is 0.136 e. The van der Waals surface area contributed by atoms with E-state index < -0.39 is 0 Å². The number of nitrogens with one attached hydrogen (secondary N) is 1. The van der Waals surface area contributed by atoms with Gasteiger partial charge < -0.3 is 4.74 Å². The number of hydrogen-bond donors (Lipinski definition) is 1. The second-order valence-corrected chi connectivity index (χ2v) is 6.68. The number of likely N-dealkylation sites (tertiary alicyclic amines) is 1. The zero-order valence-electron chi connectivity index (χ0n) is 14.5. The highest BCUT2D eigenvalue weighted by molar-refractivity contribution is 5.61. The van der Waals surface area contributed by atoms with E-state index in [-0.39, 0.29) is 6.10 Å². The van der Waals surface area contributed by atoms with Crippen molar-refractivity contribution in [3.05, 3.63) is 72.1 Å². The van der Waals surface area contributed by atoms with E-state index in [1.807, 2.05) is 12.4 Å². The van der Waals surface area contributed by atoms with Crippen molar-refractivity contribution in [2.75, 3.05) is 19.6 Å². The summed E-state index contributed by atoms with van der Waals surface area (Å²) in [5, 5.41) is 6.88. The molecule has 1 aliphatic rings. The third-order valence-electron chi connectivity index (χ3n) is 4.79. The first-order valence-electron chi connectivity index (χ1n) is 8.83. The van der Waals surface area contributed by atoms with Crippen LogP contribution in [0.25, 0.3) is 11.1 Å². The third-order valence-corrected chi connectivity index (χ3v) is 4.79. The Morgan fingerprint density at radius 1 is 1.04 bits per heavy atom. The van der Waals surface area contributed by atoms with Crippen LogP contribution in [0.3, 0.4) is 0 Å². The van der Waals surface area contributed by atoms with E-state index in [9.17, 15) is 0 Å². The molecule has 1 fully saturated rings. The molecule has 1 aliphatic heterocycles. The van der Waals surface area contributed by atoms with Crippen molar-refractivity contribution >= 4 is 0 Å². The van der Waals surface area contributed by atoms with Crippen LogP contribution in [0, 0.1) is 6.92 Å². The third kappa shape index (κ3) is 3.74. The maximum absolute atomic E-state index is 6.33. The highest BCUT2D eigenvalue weighted by atomic mass is 16.5. The van der Waals surface area contributed by atoms with Crippen molar-refractivity contribution in [1.29, 1.82) is 0 Å². The molecule has 0 bridgehead atoms. The number of aromatic amines is 1. The minimum Gasteiger partial charge on any atom is -0.484 e. The Kier molecular flexibility index (Phi) is 4.53. The van der Waals surface area contributed by atoms with E-state index in [2.05, 4.69) is 70.6 Å². The number of benzene rings is 2. The molecule has 4 heteroatoms. The van der Waals surface area contributed by atoms with Crippen LogP contribution in [0.5, 0.6) is 5.75 Å². The first-order valence-corrected chi connectivity index (χ1v) is 8.83. The minimum atomic E-state index is 0.0430. The maximum atomic E-state index is 6.33. The van der Waals surface area contributed by atoms with Crippen molar-refractivity contribution in [2.45, 2.75) is 19.4 Å². The van der Waals surface area contributed by atoms with Crippen LogP contribution in [0.4, 0.5) is 0 Å². The molecule has 0 radical (unpaired) electrons. The molecule has 2 heterocycles. The van der Waals surface area contributed by atoms with Crippen molar-refractivity contribution in [3.63, 3.8) is 0 Å². The summed E-state index contributed by atoms with van der Waals surface area (Å²) in [5.74, 6) is 0.926. The van der Waals surface area contributed by atoms with Crippen LogP contribution in [-0.4, -0.2) is 34.7 Å². The molecule has 0 amide bonds. The molecule has 4 nitrogen and oxygen atoms in total. The van der Waals surface area contributed by atoms with Gasteiger partial charge in [-0.15, -0.1) is 0 Å². The Bertz CT molecular complexity index is 790. The van der Waals surface area contributed by atoms with E-state index in [1.54, 1.807) is 0 Å². The van der Waals surface area contributed by atoms with E-state index in [4.69, 9.17) is 4.74 Å². The Balaban J connectivity index is 1.55. The molecule has 0 aliphatic carbocycles. The van der Waals surface area contributed by atoms with Gasteiger partial charge in [0.25, 0.3) is 0 Å². The Morgan fingerprint density at radius 3 is 2.40 bits per heavy atom. The molecule has 1 aromatic heterocycles.